The van der Waals surface area contributed by atoms with Gasteiger partial charge in [-0.1, -0.05) is 18.2 Å². The van der Waals surface area contributed by atoms with Crippen molar-refractivity contribution < 1.29 is 34.4 Å². The molecule has 3 N–H and O–H groups in total. The van der Waals surface area contributed by atoms with Crippen LogP contribution in [0.2, 0.25) is 0 Å². The molecule has 2 amide bonds. The lowest BCUT2D eigenvalue weighted by molar-refractivity contribution is 0.0489. The molecule has 9 heteroatoms. The number of carboxylic acid groups (broad SMARTS) is 1. The fraction of sp³-hybridized carbons (Fsp3) is 0.273. The van der Waals surface area contributed by atoms with Gasteiger partial charge < -0.3 is 29.7 Å². The topological polar surface area (TPSA) is 120 Å². The third kappa shape index (κ3) is 3.42. The zero-order valence-electron chi connectivity index (χ0n) is 17.0. The first-order chi connectivity index (χ1) is 14.8. The van der Waals surface area contributed by atoms with Crippen LogP contribution >= 0.6 is 0 Å². The number of hydrogen-bond acceptors (Lipinski definition) is 6. The van der Waals surface area contributed by atoms with Crippen molar-refractivity contribution in [2.45, 2.75) is 18.7 Å². The lowest BCUT2D eigenvalue weighted by atomic mass is 9.94. The predicted molar refractivity (Wildman–Crippen MR) is 112 cm³/mol. The first-order valence-corrected chi connectivity index (χ1v) is 9.63. The van der Waals surface area contributed by atoms with E-state index < -0.39 is 24.3 Å². The third-order valence-corrected chi connectivity index (χ3v) is 5.64. The van der Waals surface area contributed by atoms with Crippen LogP contribution in [-0.4, -0.2) is 65.3 Å². The molecule has 2 aliphatic heterocycles. The van der Waals surface area contributed by atoms with Crippen molar-refractivity contribution in [3.05, 3.63) is 53.6 Å². The highest BCUT2D eigenvalue weighted by molar-refractivity contribution is 6.06. The van der Waals surface area contributed by atoms with E-state index in [0.29, 0.717) is 17.1 Å². The van der Waals surface area contributed by atoms with Crippen molar-refractivity contribution in [2.75, 3.05) is 25.7 Å². The summed E-state index contributed by atoms with van der Waals surface area (Å²) >= 11 is 0. The molecule has 2 aromatic rings. The Morgan fingerprint density at radius 2 is 1.84 bits per heavy atom. The van der Waals surface area contributed by atoms with Gasteiger partial charge in [0.1, 0.15) is 5.75 Å². The highest BCUT2D eigenvalue weighted by Crippen LogP contribution is 2.40. The molecule has 2 aromatic carbocycles. The van der Waals surface area contributed by atoms with E-state index in [1.54, 1.807) is 13.2 Å². The van der Waals surface area contributed by atoms with Crippen LogP contribution in [0.5, 0.6) is 17.2 Å². The average molecular weight is 426 g/mol. The lowest BCUT2D eigenvalue weighted by Gasteiger charge is -2.37. The van der Waals surface area contributed by atoms with Gasteiger partial charge in [0.05, 0.1) is 31.5 Å². The molecule has 0 aliphatic carbocycles. The zero-order valence-corrected chi connectivity index (χ0v) is 17.0. The van der Waals surface area contributed by atoms with Crippen molar-refractivity contribution in [3.8, 4) is 17.2 Å². The van der Waals surface area contributed by atoms with E-state index >= 15 is 0 Å². The van der Waals surface area contributed by atoms with Crippen molar-refractivity contribution in [1.82, 2.24) is 4.90 Å². The number of carbonyl (C=O) groups excluding carboxylic acids is 1. The molecule has 9 nitrogen and oxygen atoms in total. The quantitative estimate of drug-likeness (QED) is 0.690. The Hall–Kier alpha value is -3.72. The summed E-state index contributed by atoms with van der Waals surface area (Å²) in [6.07, 6.45) is -0.770. The molecular formula is C22H22N2O7. The molecule has 0 spiro atoms. The molecule has 2 aliphatic rings. The fourth-order valence-corrected chi connectivity index (χ4v) is 4.06. The Labute approximate surface area is 178 Å². The van der Waals surface area contributed by atoms with Gasteiger partial charge in [-0.15, -0.1) is 0 Å². The van der Waals surface area contributed by atoms with Crippen molar-refractivity contribution in [2.24, 2.45) is 0 Å². The molecule has 0 aromatic heterocycles. The molecule has 0 bridgehead atoms. The maximum atomic E-state index is 13.3. The first-order valence-electron chi connectivity index (χ1n) is 9.63. The number of aliphatic hydroxyl groups excluding tert-OH is 1. The Balaban J connectivity index is 1.81. The summed E-state index contributed by atoms with van der Waals surface area (Å²) in [4.78, 5) is 27.5. The average Bonchev–Trinajstić information content (AvgIpc) is 2.86. The summed E-state index contributed by atoms with van der Waals surface area (Å²) < 4.78 is 10.3. The monoisotopic (exact) mass is 426 g/mol. The molecule has 2 atom stereocenters. The number of ether oxygens (including phenoxy) is 2. The molecule has 4 rings (SSSR count). The molecule has 162 valence electrons. The molecular weight excluding hydrogens is 404 g/mol. The number of amides is 2. The molecule has 0 fully saturated rings. The van der Waals surface area contributed by atoms with Crippen LogP contribution < -0.4 is 14.4 Å². The standard InChI is InChI=1S/C22H22N2O7/c1-30-14-5-3-12(4-6-14)13-7-8-23-17(9-13)21(27)24(22(28)29)16-11-18(25)19(31-2)10-15(16)20(23)26/h3-6,9-11,17,21,25,27H,7-8H2,1-2H3,(H,28,29)/t17-,21?/m0/s1. The number of nitrogens with zero attached hydrogens (tertiary/aromatic N) is 2. The summed E-state index contributed by atoms with van der Waals surface area (Å²) in [6, 6.07) is 8.87. The smallest absolute Gasteiger partial charge is 0.414 e. The summed E-state index contributed by atoms with van der Waals surface area (Å²) in [7, 11) is 2.91. The minimum absolute atomic E-state index is 0.0277. The normalized spacial score (nSPS) is 20.4. The Morgan fingerprint density at radius 3 is 2.45 bits per heavy atom. The summed E-state index contributed by atoms with van der Waals surface area (Å²) in [6.45, 7) is 0.286. The highest BCUT2D eigenvalue weighted by atomic mass is 16.5. The van der Waals surface area contributed by atoms with E-state index in [2.05, 4.69) is 0 Å². The van der Waals surface area contributed by atoms with Gasteiger partial charge in [-0.25, -0.2) is 9.69 Å². The van der Waals surface area contributed by atoms with E-state index in [4.69, 9.17) is 9.47 Å². The van der Waals surface area contributed by atoms with Crippen molar-refractivity contribution >= 4 is 23.3 Å². The Bertz CT molecular complexity index is 1060. The maximum absolute atomic E-state index is 13.3. The van der Waals surface area contributed by atoms with Gasteiger partial charge in [0.2, 0.25) is 0 Å². The number of phenolic OH excluding ortho intramolecular Hbond substituents is 1. The van der Waals surface area contributed by atoms with Crippen LogP contribution in [0.1, 0.15) is 22.3 Å². The zero-order chi connectivity index (χ0) is 22.3. The number of carbonyl (C=O) groups is 2. The molecule has 0 radical (unpaired) electrons. The van der Waals surface area contributed by atoms with Crippen LogP contribution in [-0.2, 0) is 0 Å². The molecule has 2 heterocycles. The minimum Gasteiger partial charge on any atom is -0.504 e. The Morgan fingerprint density at radius 1 is 1.13 bits per heavy atom. The second-order valence-electron chi connectivity index (χ2n) is 7.27. The second kappa shape index (κ2) is 7.84. The fourth-order valence-electron chi connectivity index (χ4n) is 4.06. The molecule has 0 saturated carbocycles. The van der Waals surface area contributed by atoms with Crippen molar-refractivity contribution in [3.63, 3.8) is 0 Å². The second-order valence-corrected chi connectivity index (χ2v) is 7.27. The van der Waals surface area contributed by atoms with Gasteiger partial charge in [-0.2, -0.15) is 0 Å². The van der Waals surface area contributed by atoms with E-state index in [1.165, 1.54) is 18.1 Å². The van der Waals surface area contributed by atoms with Gasteiger partial charge in [-0.3, -0.25) is 4.79 Å². The number of phenols is 1. The first kappa shape index (κ1) is 20.5. The van der Waals surface area contributed by atoms with Crippen LogP contribution in [0, 0.1) is 0 Å². The van der Waals surface area contributed by atoms with E-state index in [0.717, 1.165) is 17.2 Å². The SMILES string of the molecule is COc1ccc(C2=C[C@H]3C(O)N(C(=O)O)c4cc(O)c(OC)cc4C(=O)N3CC2)cc1. The third-order valence-electron chi connectivity index (χ3n) is 5.64. The van der Waals surface area contributed by atoms with Crippen LogP contribution in [0.3, 0.4) is 0 Å². The van der Waals surface area contributed by atoms with Gasteiger partial charge in [0, 0.05) is 12.6 Å². The number of methoxy groups -OCH3 is 2. The number of hydrogen-bond donors (Lipinski definition) is 3. The van der Waals surface area contributed by atoms with Gasteiger partial charge in [-0.05, 0) is 35.8 Å². The van der Waals surface area contributed by atoms with Crippen LogP contribution in [0.25, 0.3) is 5.57 Å². The predicted octanol–water partition coefficient (Wildman–Crippen LogP) is 2.52. The largest absolute Gasteiger partial charge is 0.504 e. The highest BCUT2D eigenvalue weighted by Gasteiger charge is 2.43. The van der Waals surface area contributed by atoms with Gasteiger partial charge in [0.15, 0.2) is 17.7 Å². The number of anilines is 1. The lowest BCUT2D eigenvalue weighted by Crippen LogP contribution is -2.53. The van der Waals surface area contributed by atoms with E-state index in [-0.39, 0.29) is 29.3 Å². The summed E-state index contributed by atoms with van der Waals surface area (Å²) in [5.74, 6) is -0.0439. The number of benzene rings is 2. The van der Waals surface area contributed by atoms with Crippen LogP contribution in [0.15, 0.2) is 42.5 Å². The summed E-state index contributed by atoms with van der Waals surface area (Å²) in [5, 5.41) is 31.0. The molecule has 31 heavy (non-hydrogen) atoms. The number of aromatic hydroxyl groups is 1. The van der Waals surface area contributed by atoms with Gasteiger partial charge >= 0.3 is 6.09 Å². The Kier molecular flexibility index (Phi) is 5.20. The summed E-state index contributed by atoms with van der Waals surface area (Å²) in [5.41, 5.74) is 1.70. The van der Waals surface area contributed by atoms with Crippen LogP contribution in [0.4, 0.5) is 10.5 Å². The maximum Gasteiger partial charge on any atom is 0.414 e. The molecule has 1 unspecified atom stereocenters. The van der Waals surface area contributed by atoms with Gasteiger partial charge in [0.25, 0.3) is 5.91 Å². The van der Waals surface area contributed by atoms with E-state index in [1.807, 2.05) is 24.3 Å². The van der Waals surface area contributed by atoms with Crippen molar-refractivity contribution in [1.29, 1.82) is 0 Å². The number of fused-ring (bicyclic) bond motifs is 2. The minimum atomic E-state index is -1.57. The molecule has 0 saturated heterocycles. The number of rotatable bonds is 3. The number of aliphatic hydroxyl groups is 1. The van der Waals surface area contributed by atoms with E-state index in [9.17, 15) is 24.9 Å².